The fraction of sp³-hybridized carbons (Fsp3) is 0.552. The van der Waals surface area contributed by atoms with Crippen molar-refractivity contribution in [3.63, 3.8) is 0 Å². The molecule has 0 aromatic carbocycles. The Morgan fingerprint density at radius 3 is 2.83 bits per heavy atom. The maximum atomic E-state index is 11.6. The Morgan fingerprint density at radius 1 is 1.17 bits per heavy atom. The van der Waals surface area contributed by atoms with Crippen LogP contribution < -0.4 is 0 Å². The molecule has 3 aromatic heterocycles. The summed E-state index contributed by atoms with van der Waals surface area (Å²) in [6.45, 7) is 6.55. The quantitative estimate of drug-likeness (QED) is 0.311. The van der Waals surface area contributed by atoms with Crippen LogP contribution in [0.1, 0.15) is 70.6 Å². The largest absolute Gasteiger partial charge is 0.462 e. The molecule has 2 saturated carbocycles. The van der Waals surface area contributed by atoms with E-state index in [0.29, 0.717) is 17.8 Å². The maximum Gasteiger partial charge on any atom is 0.302 e. The van der Waals surface area contributed by atoms with Gasteiger partial charge in [0.05, 0.1) is 10.6 Å². The molecule has 182 valence electrons. The molecule has 6 heteroatoms. The summed E-state index contributed by atoms with van der Waals surface area (Å²) >= 11 is 1.74. The smallest absolute Gasteiger partial charge is 0.302 e. The van der Waals surface area contributed by atoms with Gasteiger partial charge < -0.3 is 4.74 Å². The van der Waals surface area contributed by atoms with Crippen LogP contribution in [0.25, 0.3) is 16.2 Å². The minimum absolute atomic E-state index is 0.0599. The number of thiophene rings is 1. The predicted molar refractivity (Wildman–Crippen MR) is 137 cm³/mol. The Kier molecular flexibility index (Phi) is 4.68. The molecule has 0 radical (unpaired) electrons. The van der Waals surface area contributed by atoms with Crippen LogP contribution in [-0.2, 0) is 21.4 Å². The molecule has 3 heterocycles. The third-order valence-electron chi connectivity index (χ3n) is 10.1. The van der Waals surface area contributed by atoms with Crippen LogP contribution >= 0.6 is 11.3 Å². The van der Waals surface area contributed by atoms with Gasteiger partial charge in [-0.05, 0) is 78.7 Å². The zero-order valence-corrected chi connectivity index (χ0v) is 21.6. The van der Waals surface area contributed by atoms with Crippen molar-refractivity contribution in [2.24, 2.45) is 23.2 Å². The van der Waals surface area contributed by atoms with Crippen LogP contribution in [0.4, 0.5) is 0 Å². The topological polar surface area (TPSA) is 56.5 Å². The summed E-state index contributed by atoms with van der Waals surface area (Å²) in [6, 6.07) is 6.38. The highest BCUT2D eigenvalue weighted by Crippen LogP contribution is 2.64. The van der Waals surface area contributed by atoms with Gasteiger partial charge >= 0.3 is 5.97 Å². The Morgan fingerprint density at radius 2 is 2.03 bits per heavy atom. The molecule has 0 amide bonds. The van der Waals surface area contributed by atoms with E-state index in [1.807, 2.05) is 0 Å². The van der Waals surface area contributed by atoms with E-state index in [1.165, 1.54) is 35.9 Å². The molecule has 0 N–H and O–H groups in total. The highest BCUT2D eigenvalue weighted by Gasteiger charge is 2.58. The summed E-state index contributed by atoms with van der Waals surface area (Å²) in [5.41, 5.74) is 6.72. The minimum Gasteiger partial charge on any atom is -0.462 e. The van der Waals surface area contributed by atoms with Gasteiger partial charge in [-0.1, -0.05) is 31.6 Å². The fourth-order valence-corrected chi connectivity index (χ4v) is 9.14. The SMILES string of the molecule is CC(=O)O[C@H]1CC[C@@]2(C)C(=CC[C@@H]3[C@@H]2CC[C@]2(C)c4c(cnc5cc(-c6cccs6)nn45)C[C@@H]32)C1. The summed E-state index contributed by atoms with van der Waals surface area (Å²) in [6.07, 6.45) is 12.5. The molecule has 4 aliphatic carbocycles. The van der Waals surface area contributed by atoms with Crippen molar-refractivity contribution in [3.05, 3.63) is 52.7 Å². The first-order valence-corrected chi connectivity index (χ1v) is 14.0. The normalized spacial score (nSPS) is 35.6. The number of aromatic nitrogens is 3. The highest BCUT2D eigenvalue weighted by molar-refractivity contribution is 7.13. The van der Waals surface area contributed by atoms with Crippen LogP contribution in [-0.4, -0.2) is 26.7 Å². The van der Waals surface area contributed by atoms with Gasteiger partial charge in [0.25, 0.3) is 0 Å². The van der Waals surface area contributed by atoms with Crippen molar-refractivity contribution in [2.45, 2.75) is 77.2 Å². The Bertz CT molecular complexity index is 1360. The lowest BCUT2D eigenvalue weighted by Gasteiger charge is -2.57. The summed E-state index contributed by atoms with van der Waals surface area (Å²) in [5.74, 6) is 1.86. The van der Waals surface area contributed by atoms with Gasteiger partial charge in [0.15, 0.2) is 5.65 Å². The fourth-order valence-electron chi connectivity index (χ4n) is 8.46. The van der Waals surface area contributed by atoms with E-state index in [0.717, 1.165) is 43.4 Å². The number of hydrogen-bond donors (Lipinski definition) is 0. The van der Waals surface area contributed by atoms with Crippen molar-refractivity contribution in [2.75, 3.05) is 0 Å². The molecule has 3 aromatic rings. The van der Waals surface area contributed by atoms with Crippen molar-refractivity contribution >= 4 is 23.0 Å². The predicted octanol–water partition coefficient (Wildman–Crippen LogP) is 6.37. The molecule has 0 saturated heterocycles. The van der Waals surface area contributed by atoms with Gasteiger partial charge in [-0.15, -0.1) is 11.3 Å². The van der Waals surface area contributed by atoms with E-state index >= 15 is 0 Å². The first-order chi connectivity index (χ1) is 16.9. The summed E-state index contributed by atoms with van der Waals surface area (Å²) in [7, 11) is 0. The minimum atomic E-state index is -0.147. The van der Waals surface area contributed by atoms with Crippen molar-refractivity contribution < 1.29 is 9.53 Å². The van der Waals surface area contributed by atoms with E-state index in [9.17, 15) is 4.79 Å². The zero-order chi connectivity index (χ0) is 23.9. The lowest BCUT2D eigenvalue weighted by Crippen LogP contribution is -2.51. The first-order valence-electron chi connectivity index (χ1n) is 13.2. The Balaban J connectivity index is 1.24. The van der Waals surface area contributed by atoms with Gasteiger partial charge in [0.2, 0.25) is 0 Å². The second-order valence-corrected chi connectivity index (χ2v) is 12.8. The van der Waals surface area contributed by atoms with Crippen LogP contribution in [0, 0.1) is 23.2 Å². The lowest BCUT2D eigenvalue weighted by molar-refractivity contribution is -0.148. The Labute approximate surface area is 210 Å². The molecule has 5 nitrogen and oxygen atoms in total. The van der Waals surface area contributed by atoms with Crippen LogP contribution in [0.5, 0.6) is 0 Å². The lowest BCUT2D eigenvalue weighted by atomic mass is 9.48. The summed E-state index contributed by atoms with van der Waals surface area (Å²) < 4.78 is 7.80. The molecule has 35 heavy (non-hydrogen) atoms. The molecule has 0 unspecified atom stereocenters. The standard InChI is InChI=1S/C29H33N3O2S/c1-17(33)34-20-8-10-28(2)19(14-20)6-7-21-22(28)9-11-29(3)23(21)13-18-16-30-26-15-24(25-5-4-12-35-25)31-32(26)27(18)29/h4-6,12,15-16,20-23H,7-11,13-14H2,1-3H3/t20-,21+,22-,23-,28-,29-/m0/s1. The number of fused-ring (bicyclic) bond motifs is 9. The molecular formula is C29H33N3O2S. The molecule has 0 aliphatic heterocycles. The van der Waals surface area contributed by atoms with E-state index in [1.54, 1.807) is 16.9 Å². The van der Waals surface area contributed by atoms with Gasteiger partial charge in [0.1, 0.15) is 11.8 Å². The van der Waals surface area contributed by atoms with Gasteiger partial charge in [-0.3, -0.25) is 4.79 Å². The first kappa shape index (κ1) is 21.8. The van der Waals surface area contributed by atoms with Crippen molar-refractivity contribution in [1.29, 1.82) is 0 Å². The zero-order valence-electron chi connectivity index (χ0n) is 20.8. The van der Waals surface area contributed by atoms with E-state index in [4.69, 9.17) is 14.8 Å². The monoisotopic (exact) mass is 487 g/mol. The summed E-state index contributed by atoms with van der Waals surface area (Å²) in [4.78, 5) is 17.6. The third-order valence-corrected chi connectivity index (χ3v) is 11.0. The number of carbonyl (C=O) groups is 1. The van der Waals surface area contributed by atoms with Crippen molar-refractivity contribution in [3.8, 4) is 10.6 Å². The average molecular weight is 488 g/mol. The average Bonchev–Trinajstić information content (AvgIpc) is 3.55. The van der Waals surface area contributed by atoms with Gasteiger partial charge in [-0.2, -0.15) is 5.10 Å². The molecule has 7 rings (SSSR count). The third kappa shape index (κ3) is 3.08. The number of carbonyl (C=O) groups excluding carboxylic acids is 1. The van der Waals surface area contributed by atoms with E-state index in [-0.39, 0.29) is 22.9 Å². The summed E-state index contributed by atoms with van der Waals surface area (Å²) in [5, 5.41) is 7.20. The maximum absolute atomic E-state index is 11.6. The highest BCUT2D eigenvalue weighted by atomic mass is 32.1. The molecule has 2 fully saturated rings. The number of nitrogens with zero attached hydrogens (tertiary/aromatic N) is 3. The van der Waals surface area contributed by atoms with Crippen LogP contribution in [0.15, 0.2) is 41.4 Å². The molecule has 0 spiro atoms. The number of hydrogen-bond acceptors (Lipinski definition) is 5. The number of ether oxygens (including phenoxy) is 1. The van der Waals surface area contributed by atoms with Crippen molar-refractivity contribution in [1.82, 2.24) is 14.6 Å². The number of rotatable bonds is 2. The number of esters is 1. The second kappa shape index (κ2) is 7.52. The van der Waals surface area contributed by atoms with Crippen LogP contribution in [0.2, 0.25) is 0 Å². The molecule has 0 bridgehead atoms. The molecular weight excluding hydrogens is 454 g/mol. The van der Waals surface area contributed by atoms with E-state index < -0.39 is 0 Å². The van der Waals surface area contributed by atoms with Gasteiger partial charge in [-0.25, -0.2) is 9.50 Å². The molecule has 6 atom stereocenters. The van der Waals surface area contributed by atoms with E-state index in [2.05, 4.69) is 54.2 Å². The molecule has 4 aliphatic rings. The van der Waals surface area contributed by atoms with Gasteiger partial charge in [0, 0.05) is 31.0 Å². The Hall–Kier alpha value is -2.47. The van der Waals surface area contributed by atoms with Crippen LogP contribution in [0.3, 0.4) is 0 Å². The number of allylic oxidation sites excluding steroid dienone is 1. The second-order valence-electron chi connectivity index (χ2n) is 11.8.